The molecule has 6 nitrogen and oxygen atoms in total. The number of hydrogen-bond donors (Lipinski definition) is 0. The van der Waals surface area contributed by atoms with E-state index in [-0.39, 0.29) is 0 Å². The van der Waals surface area contributed by atoms with Gasteiger partial charge in [0.15, 0.2) is 17.5 Å². The summed E-state index contributed by atoms with van der Waals surface area (Å²) in [6.45, 7) is 0. The van der Waals surface area contributed by atoms with E-state index in [1.807, 2.05) is 85.1 Å². The first-order valence-corrected chi connectivity index (χ1v) is 14.5. The molecule has 9 aromatic rings. The van der Waals surface area contributed by atoms with Crippen LogP contribution in [-0.4, -0.2) is 24.5 Å². The highest BCUT2D eigenvalue weighted by atomic mass is 16.3. The third-order valence-electron chi connectivity index (χ3n) is 8.10. The maximum atomic E-state index is 6.40. The molecule has 206 valence electrons. The van der Waals surface area contributed by atoms with Crippen molar-refractivity contribution in [1.82, 2.24) is 24.5 Å². The second-order valence-corrected chi connectivity index (χ2v) is 10.8. The van der Waals surface area contributed by atoms with Crippen LogP contribution < -0.4 is 0 Å². The lowest BCUT2D eigenvalue weighted by atomic mass is 10.1. The smallest absolute Gasteiger partial charge is 0.164 e. The summed E-state index contributed by atoms with van der Waals surface area (Å²) in [5, 5.41) is 4.38. The van der Waals surface area contributed by atoms with Gasteiger partial charge in [0.2, 0.25) is 0 Å². The summed E-state index contributed by atoms with van der Waals surface area (Å²) in [6.07, 6.45) is 1.85. The lowest BCUT2D eigenvalue weighted by Crippen LogP contribution is -2.00. The first-order chi connectivity index (χ1) is 21.8. The van der Waals surface area contributed by atoms with Crippen molar-refractivity contribution in [1.29, 1.82) is 0 Å². The van der Waals surface area contributed by atoms with E-state index in [4.69, 9.17) is 24.4 Å². The van der Waals surface area contributed by atoms with Crippen LogP contribution in [0.5, 0.6) is 0 Å². The highest BCUT2D eigenvalue weighted by molar-refractivity contribution is 6.09. The van der Waals surface area contributed by atoms with E-state index in [0.717, 1.165) is 60.9 Å². The lowest BCUT2D eigenvalue weighted by molar-refractivity contribution is 0.669. The molecule has 0 fully saturated rings. The van der Waals surface area contributed by atoms with Crippen LogP contribution in [0.25, 0.3) is 83.7 Å². The first kappa shape index (κ1) is 24.5. The van der Waals surface area contributed by atoms with Gasteiger partial charge >= 0.3 is 0 Å². The number of benzene rings is 5. The fraction of sp³-hybridized carbons (Fsp3) is 0. The van der Waals surface area contributed by atoms with Gasteiger partial charge in [0.05, 0.1) is 5.52 Å². The van der Waals surface area contributed by atoms with Gasteiger partial charge in [-0.05, 0) is 48.5 Å². The maximum Gasteiger partial charge on any atom is 0.164 e. The molecule has 0 N–H and O–H groups in total. The molecular formula is C38H23N5O. The molecule has 44 heavy (non-hydrogen) atoms. The summed E-state index contributed by atoms with van der Waals surface area (Å²) < 4.78 is 8.62. The predicted octanol–water partition coefficient (Wildman–Crippen LogP) is 9.26. The van der Waals surface area contributed by atoms with E-state index < -0.39 is 0 Å². The number of rotatable bonds is 4. The molecule has 6 heteroatoms. The molecule has 0 amide bonds. The molecule has 0 saturated heterocycles. The van der Waals surface area contributed by atoms with Gasteiger partial charge in [-0.3, -0.25) is 4.57 Å². The summed E-state index contributed by atoms with van der Waals surface area (Å²) in [7, 11) is 0. The Hall–Kier alpha value is -6.14. The molecular weight excluding hydrogens is 542 g/mol. The number of furan rings is 1. The SMILES string of the molecule is c1ccc(-c2nc(-c3ccccc3)nc(-c3ccc4c(c3)oc3ccc(-n5c6ccccc6c6cccnc65)cc34)n2)cc1. The minimum atomic E-state index is 0.595. The molecule has 0 aliphatic rings. The Morgan fingerprint density at radius 3 is 1.86 bits per heavy atom. The molecule has 5 aromatic carbocycles. The number of hydrogen-bond acceptors (Lipinski definition) is 5. The van der Waals surface area contributed by atoms with Gasteiger partial charge in [-0.1, -0.05) is 84.9 Å². The minimum Gasteiger partial charge on any atom is -0.456 e. The van der Waals surface area contributed by atoms with Gasteiger partial charge in [0, 0.05) is 50.1 Å². The number of nitrogens with zero attached hydrogens (tertiary/aromatic N) is 5. The molecule has 0 aliphatic heterocycles. The highest BCUT2D eigenvalue weighted by Gasteiger charge is 2.17. The Bertz CT molecular complexity index is 2390. The quantitative estimate of drug-likeness (QED) is 0.213. The largest absolute Gasteiger partial charge is 0.456 e. The predicted molar refractivity (Wildman–Crippen MR) is 176 cm³/mol. The Labute approximate surface area is 251 Å². The third kappa shape index (κ3) is 3.89. The van der Waals surface area contributed by atoms with Crippen LogP contribution in [0.2, 0.25) is 0 Å². The fourth-order valence-corrected chi connectivity index (χ4v) is 6.04. The Morgan fingerprint density at radius 1 is 0.455 bits per heavy atom. The molecule has 0 saturated carbocycles. The minimum absolute atomic E-state index is 0.595. The van der Waals surface area contributed by atoms with E-state index in [0.29, 0.717) is 17.5 Å². The van der Waals surface area contributed by atoms with Crippen molar-refractivity contribution in [2.75, 3.05) is 0 Å². The van der Waals surface area contributed by atoms with Crippen LogP contribution in [-0.2, 0) is 0 Å². The average molecular weight is 566 g/mol. The van der Waals surface area contributed by atoms with E-state index >= 15 is 0 Å². The first-order valence-electron chi connectivity index (χ1n) is 14.5. The van der Waals surface area contributed by atoms with E-state index in [1.54, 1.807) is 0 Å². The Morgan fingerprint density at radius 2 is 1.11 bits per heavy atom. The molecule has 0 radical (unpaired) electrons. The van der Waals surface area contributed by atoms with Gasteiger partial charge in [0.25, 0.3) is 0 Å². The zero-order valence-electron chi connectivity index (χ0n) is 23.4. The number of aromatic nitrogens is 5. The van der Waals surface area contributed by atoms with Crippen LogP contribution in [0.4, 0.5) is 0 Å². The maximum absolute atomic E-state index is 6.40. The van der Waals surface area contributed by atoms with Crippen molar-refractivity contribution in [3.8, 4) is 39.9 Å². The second kappa shape index (κ2) is 9.71. The molecule has 0 spiro atoms. The molecule has 4 aromatic heterocycles. The normalized spacial score (nSPS) is 11.6. The summed E-state index contributed by atoms with van der Waals surface area (Å²) >= 11 is 0. The van der Waals surface area contributed by atoms with Crippen LogP contribution in [0, 0.1) is 0 Å². The Balaban J connectivity index is 1.20. The van der Waals surface area contributed by atoms with Crippen LogP contribution in [0.1, 0.15) is 0 Å². The van der Waals surface area contributed by atoms with Gasteiger partial charge in [-0.2, -0.15) is 0 Å². The zero-order chi connectivity index (χ0) is 29.0. The summed E-state index contributed by atoms with van der Waals surface area (Å²) in [5.74, 6) is 1.85. The molecule has 9 rings (SSSR count). The van der Waals surface area contributed by atoms with Crippen molar-refractivity contribution >= 4 is 43.9 Å². The van der Waals surface area contributed by atoms with Gasteiger partial charge in [0.1, 0.15) is 16.8 Å². The molecule has 0 aliphatic carbocycles. The van der Waals surface area contributed by atoms with E-state index in [2.05, 4.69) is 59.2 Å². The van der Waals surface area contributed by atoms with E-state index in [9.17, 15) is 0 Å². The topological polar surface area (TPSA) is 69.6 Å². The van der Waals surface area contributed by atoms with Crippen molar-refractivity contribution < 1.29 is 4.42 Å². The third-order valence-corrected chi connectivity index (χ3v) is 8.10. The van der Waals surface area contributed by atoms with Gasteiger partial charge < -0.3 is 4.42 Å². The standard InChI is InChI=1S/C38H23N5O/c1-3-10-24(11-4-1)35-40-36(25-12-5-2-6-13-25)42-37(41-35)26-17-19-29-31-23-27(18-20-33(31)44-34(29)22-26)43-32-16-8-7-14-28(32)30-15-9-21-39-38(30)43/h1-23H. The summed E-state index contributed by atoms with van der Waals surface area (Å²) in [6, 6.07) is 45.0. The van der Waals surface area contributed by atoms with Crippen molar-refractivity contribution in [3.63, 3.8) is 0 Å². The molecule has 0 unspecified atom stereocenters. The van der Waals surface area contributed by atoms with Crippen molar-refractivity contribution in [2.45, 2.75) is 0 Å². The zero-order valence-corrected chi connectivity index (χ0v) is 23.4. The lowest BCUT2D eigenvalue weighted by Gasteiger charge is -2.08. The van der Waals surface area contributed by atoms with Crippen LogP contribution >= 0.6 is 0 Å². The summed E-state index contributed by atoms with van der Waals surface area (Å²) in [4.78, 5) is 19.4. The second-order valence-electron chi connectivity index (χ2n) is 10.8. The van der Waals surface area contributed by atoms with Gasteiger partial charge in [-0.25, -0.2) is 19.9 Å². The number of fused-ring (bicyclic) bond motifs is 6. The monoisotopic (exact) mass is 565 g/mol. The van der Waals surface area contributed by atoms with E-state index in [1.165, 1.54) is 5.39 Å². The number of pyridine rings is 1. The molecule has 0 atom stereocenters. The molecule has 4 heterocycles. The average Bonchev–Trinajstić information content (AvgIpc) is 3.64. The Kier molecular flexibility index (Phi) is 5.40. The molecule has 0 bridgehead atoms. The van der Waals surface area contributed by atoms with Crippen LogP contribution in [0.15, 0.2) is 144 Å². The van der Waals surface area contributed by atoms with Crippen molar-refractivity contribution in [3.05, 3.63) is 140 Å². The number of para-hydroxylation sites is 1. The van der Waals surface area contributed by atoms with Crippen LogP contribution in [0.3, 0.4) is 0 Å². The van der Waals surface area contributed by atoms with Crippen molar-refractivity contribution in [2.24, 2.45) is 0 Å². The summed E-state index contributed by atoms with van der Waals surface area (Å²) in [5.41, 5.74) is 7.41. The highest BCUT2D eigenvalue weighted by Crippen LogP contribution is 2.36. The van der Waals surface area contributed by atoms with Gasteiger partial charge in [-0.15, -0.1) is 0 Å². The fourth-order valence-electron chi connectivity index (χ4n) is 6.04.